The van der Waals surface area contributed by atoms with E-state index in [2.05, 4.69) is 5.32 Å². The number of phenols is 1. The van der Waals surface area contributed by atoms with E-state index in [9.17, 15) is 9.90 Å². The highest BCUT2D eigenvalue weighted by Gasteiger charge is 2.13. The maximum Gasteiger partial charge on any atom is 0.262 e. The second kappa shape index (κ2) is 7.58. The van der Waals surface area contributed by atoms with Crippen molar-refractivity contribution in [2.45, 2.75) is 33.6 Å². The van der Waals surface area contributed by atoms with Crippen molar-refractivity contribution in [3.05, 3.63) is 52.0 Å². The predicted molar refractivity (Wildman–Crippen MR) is 97.2 cm³/mol. The lowest BCUT2D eigenvalue weighted by molar-refractivity contribution is -0.118. The van der Waals surface area contributed by atoms with E-state index in [1.165, 1.54) is 0 Å². The van der Waals surface area contributed by atoms with Gasteiger partial charge in [0, 0.05) is 5.02 Å². The van der Waals surface area contributed by atoms with Crippen LogP contribution in [0, 0.1) is 13.8 Å². The highest BCUT2D eigenvalue weighted by molar-refractivity contribution is 6.31. The standard InChI is InChI=1S/C19H22ClNO3/c1-11(2)14-9-15(20)13(4)8-18(14)24-10-19(23)21-16-6-5-12(3)7-17(16)22/h5-9,11,22H,10H2,1-4H3,(H,21,23). The molecule has 0 atom stereocenters. The van der Waals surface area contributed by atoms with Gasteiger partial charge in [0.1, 0.15) is 11.5 Å². The van der Waals surface area contributed by atoms with Gasteiger partial charge < -0.3 is 15.2 Å². The summed E-state index contributed by atoms with van der Waals surface area (Å²) in [5.41, 5.74) is 3.13. The molecule has 2 aromatic carbocycles. The molecule has 0 aromatic heterocycles. The fraction of sp³-hybridized carbons (Fsp3) is 0.316. The van der Waals surface area contributed by atoms with E-state index in [-0.39, 0.29) is 24.2 Å². The Morgan fingerprint density at radius 1 is 1.25 bits per heavy atom. The van der Waals surface area contributed by atoms with Crippen molar-refractivity contribution in [3.8, 4) is 11.5 Å². The summed E-state index contributed by atoms with van der Waals surface area (Å²) < 4.78 is 5.68. The van der Waals surface area contributed by atoms with Gasteiger partial charge in [-0.05, 0) is 60.7 Å². The second-order valence-electron chi connectivity index (χ2n) is 6.15. The molecule has 128 valence electrons. The van der Waals surface area contributed by atoms with Crippen LogP contribution in [-0.4, -0.2) is 17.6 Å². The van der Waals surface area contributed by atoms with E-state index in [1.807, 2.05) is 45.9 Å². The van der Waals surface area contributed by atoms with Gasteiger partial charge in [-0.2, -0.15) is 0 Å². The van der Waals surface area contributed by atoms with Crippen LogP contribution in [0.15, 0.2) is 30.3 Å². The molecule has 0 radical (unpaired) electrons. The average molecular weight is 348 g/mol. The molecule has 1 amide bonds. The third-order valence-electron chi connectivity index (χ3n) is 3.70. The van der Waals surface area contributed by atoms with Crippen LogP contribution in [-0.2, 0) is 4.79 Å². The molecule has 0 unspecified atom stereocenters. The maximum absolute atomic E-state index is 12.1. The number of halogens is 1. The third-order valence-corrected chi connectivity index (χ3v) is 4.11. The largest absolute Gasteiger partial charge is 0.506 e. The van der Waals surface area contributed by atoms with Crippen LogP contribution in [0.2, 0.25) is 5.02 Å². The molecule has 0 aliphatic carbocycles. The highest BCUT2D eigenvalue weighted by atomic mass is 35.5. The summed E-state index contributed by atoms with van der Waals surface area (Å²) in [5, 5.41) is 13.2. The molecule has 0 heterocycles. The van der Waals surface area contributed by atoms with Crippen molar-refractivity contribution in [3.63, 3.8) is 0 Å². The first kappa shape index (κ1) is 18.1. The smallest absolute Gasteiger partial charge is 0.262 e. The molecular weight excluding hydrogens is 326 g/mol. The molecule has 0 aliphatic heterocycles. The molecule has 0 fully saturated rings. The summed E-state index contributed by atoms with van der Waals surface area (Å²) >= 11 is 6.17. The Morgan fingerprint density at radius 2 is 1.96 bits per heavy atom. The number of hydrogen-bond acceptors (Lipinski definition) is 3. The second-order valence-corrected chi connectivity index (χ2v) is 6.56. The topological polar surface area (TPSA) is 58.6 Å². The Balaban J connectivity index is 2.07. The Labute approximate surface area is 147 Å². The van der Waals surface area contributed by atoms with E-state index in [0.29, 0.717) is 16.5 Å². The van der Waals surface area contributed by atoms with Gasteiger partial charge in [0.15, 0.2) is 6.61 Å². The number of carbonyl (C=O) groups excluding carboxylic acids is 1. The number of carbonyl (C=O) groups is 1. The zero-order valence-corrected chi connectivity index (χ0v) is 15.1. The first-order valence-corrected chi connectivity index (χ1v) is 8.18. The molecular formula is C19H22ClNO3. The Morgan fingerprint density at radius 3 is 2.58 bits per heavy atom. The van der Waals surface area contributed by atoms with Crippen LogP contribution in [0.1, 0.15) is 36.5 Å². The van der Waals surface area contributed by atoms with E-state index in [4.69, 9.17) is 16.3 Å². The molecule has 0 aliphatic rings. The first-order valence-electron chi connectivity index (χ1n) is 7.80. The summed E-state index contributed by atoms with van der Waals surface area (Å²) in [6.07, 6.45) is 0. The van der Waals surface area contributed by atoms with Gasteiger partial charge >= 0.3 is 0 Å². The van der Waals surface area contributed by atoms with E-state index < -0.39 is 0 Å². The molecule has 2 aromatic rings. The van der Waals surface area contributed by atoms with Crippen molar-refractivity contribution >= 4 is 23.2 Å². The normalized spacial score (nSPS) is 10.8. The van der Waals surface area contributed by atoms with E-state index >= 15 is 0 Å². The van der Waals surface area contributed by atoms with Gasteiger partial charge in [0.2, 0.25) is 0 Å². The van der Waals surface area contributed by atoms with E-state index in [1.54, 1.807) is 12.1 Å². The lowest BCUT2D eigenvalue weighted by atomic mass is 10.0. The number of ether oxygens (including phenoxy) is 1. The molecule has 2 N–H and O–H groups in total. The van der Waals surface area contributed by atoms with Crippen LogP contribution in [0.3, 0.4) is 0 Å². The summed E-state index contributed by atoms with van der Waals surface area (Å²) in [4.78, 5) is 12.1. The number of phenolic OH excluding ortho intramolecular Hbond substituents is 1. The number of aryl methyl sites for hydroxylation is 2. The van der Waals surface area contributed by atoms with Gasteiger partial charge in [-0.3, -0.25) is 4.79 Å². The first-order chi connectivity index (χ1) is 11.3. The van der Waals surface area contributed by atoms with Crippen LogP contribution in [0.5, 0.6) is 11.5 Å². The van der Waals surface area contributed by atoms with Crippen LogP contribution in [0.25, 0.3) is 0 Å². The van der Waals surface area contributed by atoms with Crippen LogP contribution in [0.4, 0.5) is 5.69 Å². The predicted octanol–water partition coefficient (Wildman–Crippen LogP) is 4.80. The van der Waals surface area contributed by atoms with Crippen molar-refractivity contribution in [2.24, 2.45) is 0 Å². The number of amides is 1. The minimum absolute atomic E-state index is 0.0357. The number of aromatic hydroxyl groups is 1. The van der Waals surface area contributed by atoms with Gasteiger partial charge in [-0.25, -0.2) is 0 Å². The fourth-order valence-corrected chi connectivity index (χ4v) is 2.50. The Kier molecular flexibility index (Phi) is 5.73. The Bertz CT molecular complexity index is 757. The van der Waals surface area contributed by atoms with Gasteiger partial charge in [0.05, 0.1) is 5.69 Å². The number of hydrogen-bond donors (Lipinski definition) is 2. The fourth-order valence-electron chi connectivity index (χ4n) is 2.32. The average Bonchev–Trinajstić information content (AvgIpc) is 2.50. The number of nitrogens with one attached hydrogen (secondary N) is 1. The summed E-state index contributed by atoms with van der Waals surface area (Å²) in [7, 11) is 0. The van der Waals surface area contributed by atoms with Gasteiger partial charge in [-0.15, -0.1) is 0 Å². The van der Waals surface area contributed by atoms with Crippen molar-refractivity contribution in [1.29, 1.82) is 0 Å². The monoisotopic (exact) mass is 347 g/mol. The lowest BCUT2D eigenvalue weighted by Crippen LogP contribution is -2.20. The molecule has 0 saturated carbocycles. The van der Waals surface area contributed by atoms with Crippen molar-refractivity contribution in [2.75, 3.05) is 11.9 Å². The molecule has 2 rings (SSSR count). The number of benzene rings is 2. The zero-order chi connectivity index (χ0) is 17.9. The summed E-state index contributed by atoms with van der Waals surface area (Å²) in [6.45, 7) is 7.69. The summed E-state index contributed by atoms with van der Waals surface area (Å²) in [6, 6.07) is 8.79. The minimum atomic E-state index is -0.337. The SMILES string of the molecule is Cc1ccc(NC(=O)COc2cc(C)c(Cl)cc2C(C)C)c(O)c1. The zero-order valence-electron chi connectivity index (χ0n) is 14.3. The number of rotatable bonds is 5. The third kappa shape index (κ3) is 4.42. The van der Waals surface area contributed by atoms with Crippen molar-refractivity contribution in [1.82, 2.24) is 0 Å². The molecule has 24 heavy (non-hydrogen) atoms. The quantitative estimate of drug-likeness (QED) is 0.763. The molecule has 0 bridgehead atoms. The highest BCUT2D eigenvalue weighted by Crippen LogP contribution is 2.32. The molecule has 5 heteroatoms. The molecule has 0 saturated heterocycles. The van der Waals surface area contributed by atoms with Crippen LogP contribution < -0.4 is 10.1 Å². The van der Waals surface area contributed by atoms with Gasteiger partial charge in [0.25, 0.3) is 5.91 Å². The Hall–Kier alpha value is -2.20. The maximum atomic E-state index is 12.1. The van der Waals surface area contributed by atoms with Crippen LogP contribution >= 0.6 is 11.6 Å². The molecule has 0 spiro atoms. The van der Waals surface area contributed by atoms with E-state index in [0.717, 1.165) is 16.7 Å². The number of anilines is 1. The minimum Gasteiger partial charge on any atom is -0.506 e. The molecule has 4 nitrogen and oxygen atoms in total. The van der Waals surface area contributed by atoms with Crippen molar-refractivity contribution < 1.29 is 14.6 Å². The van der Waals surface area contributed by atoms with Gasteiger partial charge in [-0.1, -0.05) is 31.5 Å². The summed E-state index contributed by atoms with van der Waals surface area (Å²) in [5.74, 6) is 0.572. The lowest BCUT2D eigenvalue weighted by Gasteiger charge is -2.16.